The van der Waals surface area contributed by atoms with Gasteiger partial charge in [-0.05, 0) is 0 Å². The van der Waals surface area contributed by atoms with E-state index >= 15 is 0 Å². The van der Waals surface area contributed by atoms with Gasteiger partial charge in [0.15, 0.2) is 0 Å². The van der Waals surface area contributed by atoms with Crippen molar-refractivity contribution in [1.82, 2.24) is 20.6 Å². The molecule has 1 fully saturated rings. The maximum Gasteiger partial charge on any atom is 0.321 e. The fraction of sp³-hybridized carbons (Fsp3) is 0.167. The number of amides is 3. The van der Waals surface area contributed by atoms with Crippen molar-refractivity contribution in [2.24, 2.45) is 0 Å². The number of rotatable bonds is 0. The normalized spacial score (nSPS) is 14.3. The van der Waals surface area contributed by atoms with Crippen molar-refractivity contribution in [1.29, 1.82) is 0 Å². The average molecular weight is 168 g/mol. The molecular weight excluding hydrogens is 160 g/mol. The van der Waals surface area contributed by atoms with Gasteiger partial charge in [-0.25, -0.2) is 9.78 Å². The summed E-state index contributed by atoms with van der Waals surface area (Å²) in [5, 5.41) is 4.30. The lowest BCUT2D eigenvalue weighted by Crippen LogP contribution is -2.22. The van der Waals surface area contributed by atoms with Gasteiger partial charge < -0.3 is 10.3 Å². The minimum atomic E-state index is -0.398. The van der Waals surface area contributed by atoms with E-state index in [2.05, 4.69) is 15.3 Å². The molecule has 2 rings (SSSR count). The van der Waals surface area contributed by atoms with Crippen LogP contribution in [0.1, 0.15) is 0 Å². The first-order valence-electron chi connectivity index (χ1n) is 3.29. The van der Waals surface area contributed by atoms with E-state index in [0.29, 0.717) is 0 Å². The SMILES string of the molecule is O=C1CNC(=O)N1.c1c[nH]cn1. The molecule has 0 atom stereocenters. The Morgan fingerprint density at radius 1 is 1.42 bits per heavy atom. The van der Waals surface area contributed by atoms with Gasteiger partial charge in [-0.1, -0.05) is 0 Å². The van der Waals surface area contributed by atoms with Crippen molar-refractivity contribution < 1.29 is 9.59 Å². The first kappa shape index (κ1) is 8.25. The highest BCUT2D eigenvalue weighted by Crippen LogP contribution is 1.73. The highest BCUT2D eigenvalue weighted by atomic mass is 16.2. The first-order valence-corrected chi connectivity index (χ1v) is 3.29. The molecule has 0 aromatic carbocycles. The minimum absolute atomic E-state index is 0.124. The number of carbonyl (C=O) groups excluding carboxylic acids is 2. The quantitative estimate of drug-likeness (QED) is 0.445. The number of carbonyl (C=O) groups is 2. The fourth-order valence-corrected chi connectivity index (χ4v) is 0.591. The molecule has 1 aromatic rings. The Morgan fingerprint density at radius 2 is 2.25 bits per heavy atom. The number of nitrogens with zero attached hydrogens (tertiary/aromatic N) is 1. The number of nitrogens with one attached hydrogen (secondary N) is 3. The Hall–Kier alpha value is -1.85. The number of imidazole rings is 1. The van der Waals surface area contributed by atoms with Gasteiger partial charge in [0.2, 0.25) is 5.91 Å². The molecule has 6 nitrogen and oxygen atoms in total. The minimum Gasteiger partial charge on any atom is -0.351 e. The molecule has 6 heteroatoms. The summed E-state index contributed by atoms with van der Waals surface area (Å²) in [6.07, 6.45) is 5.08. The molecule has 0 saturated carbocycles. The molecule has 3 N–H and O–H groups in total. The lowest BCUT2D eigenvalue weighted by molar-refractivity contribution is -0.117. The van der Waals surface area contributed by atoms with Crippen LogP contribution in [0.5, 0.6) is 0 Å². The van der Waals surface area contributed by atoms with Gasteiger partial charge in [-0.2, -0.15) is 0 Å². The number of imide groups is 1. The number of H-pyrrole nitrogens is 1. The van der Waals surface area contributed by atoms with Crippen LogP contribution in [-0.4, -0.2) is 28.5 Å². The van der Waals surface area contributed by atoms with Crippen molar-refractivity contribution in [2.75, 3.05) is 6.54 Å². The maximum absolute atomic E-state index is 10.1. The standard InChI is InChI=1S/C3H4N2O2.C3H4N2/c6-2-1-4-3(7)5-2;1-2-5-3-4-1/h1H2,(H2,4,5,6,7);1-3H,(H,4,5). The van der Waals surface area contributed by atoms with E-state index in [1.807, 2.05) is 5.32 Å². The topological polar surface area (TPSA) is 86.9 Å². The molecule has 0 radical (unpaired) electrons. The van der Waals surface area contributed by atoms with Crippen LogP contribution in [0.2, 0.25) is 0 Å². The molecule has 12 heavy (non-hydrogen) atoms. The van der Waals surface area contributed by atoms with Crippen molar-refractivity contribution in [2.45, 2.75) is 0 Å². The lowest BCUT2D eigenvalue weighted by Gasteiger charge is -1.78. The molecule has 3 amide bonds. The highest BCUT2D eigenvalue weighted by molar-refractivity contribution is 6.01. The fourth-order valence-electron chi connectivity index (χ4n) is 0.591. The summed E-state index contributed by atoms with van der Waals surface area (Å²) in [5.74, 6) is -0.259. The van der Waals surface area contributed by atoms with E-state index in [4.69, 9.17) is 0 Å². The van der Waals surface area contributed by atoms with Gasteiger partial charge in [-0.15, -0.1) is 0 Å². The van der Waals surface area contributed by atoms with E-state index in [1.165, 1.54) is 0 Å². The summed E-state index contributed by atoms with van der Waals surface area (Å²) in [4.78, 5) is 26.5. The maximum atomic E-state index is 10.1. The smallest absolute Gasteiger partial charge is 0.321 e. The van der Waals surface area contributed by atoms with Crippen molar-refractivity contribution in [3.63, 3.8) is 0 Å². The Bertz CT molecular complexity index is 225. The van der Waals surface area contributed by atoms with Crippen LogP contribution < -0.4 is 10.6 Å². The number of aromatic amines is 1. The van der Waals surface area contributed by atoms with Gasteiger partial charge in [0.1, 0.15) is 0 Å². The van der Waals surface area contributed by atoms with Crippen molar-refractivity contribution in [3.05, 3.63) is 18.7 Å². The van der Waals surface area contributed by atoms with E-state index < -0.39 is 6.03 Å². The van der Waals surface area contributed by atoms with Gasteiger partial charge >= 0.3 is 6.03 Å². The molecule has 1 aromatic heterocycles. The van der Waals surface area contributed by atoms with Crippen LogP contribution in [0.15, 0.2) is 18.7 Å². The van der Waals surface area contributed by atoms with E-state index in [9.17, 15) is 9.59 Å². The first-order chi connectivity index (χ1) is 5.79. The summed E-state index contributed by atoms with van der Waals surface area (Å²) in [6, 6.07) is -0.398. The third kappa shape index (κ3) is 2.82. The highest BCUT2D eigenvalue weighted by Gasteiger charge is 2.14. The second-order valence-corrected chi connectivity index (χ2v) is 1.99. The summed E-state index contributed by atoms with van der Waals surface area (Å²) < 4.78 is 0. The van der Waals surface area contributed by atoms with E-state index in [1.54, 1.807) is 18.7 Å². The number of aromatic nitrogens is 2. The van der Waals surface area contributed by atoms with Crippen LogP contribution in [-0.2, 0) is 4.79 Å². The molecule has 64 valence electrons. The molecule has 1 aliphatic heterocycles. The molecule has 1 aliphatic rings. The third-order valence-corrected chi connectivity index (χ3v) is 1.07. The van der Waals surface area contributed by atoms with Gasteiger partial charge in [0.05, 0.1) is 12.9 Å². The molecule has 2 heterocycles. The molecule has 0 unspecified atom stereocenters. The largest absolute Gasteiger partial charge is 0.351 e. The van der Waals surface area contributed by atoms with Crippen molar-refractivity contribution in [3.8, 4) is 0 Å². The second-order valence-electron chi connectivity index (χ2n) is 1.99. The summed E-state index contributed by atoms with van der Waals surface area (Å²) in [6.45, 7) is 0.124. The van der Waals surface area contributed by atoms with E-state index in [0.717, 1.165) is 0 Å². The zero-order valence-corrected chi connectivity index (χ0v) is 6.20. The second kappa shape index (κ2) is 4.12. The van der Waals surface area contributed by atoms with Gasteiger partial charge in [0.25, 0.3) is 0 Å². The van der Waals surface area contributed by atoms with Crippen LogP contribution >= 0.6 is 0 Å². The number of hydrogen-bond acceptors (Lipinski definition) is 3. The molecular formula is C6H8N4O2. The van der Waals surface area contributed by atoms with Gasteiger partial charge in [-0.3, -0.25) is 10.1 Å². The molecule has 0 bridgehead atoms. The zero-order chi connectivity index (χ0) is 8.81. The monoisotopic (exact) mass is 168 g/mol. The zero-order valence-electron chi connectivity index (χ0n) is 6.20. The van der Waals surface area contributed by atoms with Gasteiger partial charge in [0, 0.05) is 12.4 Å². The summed E-state index contributed by atoms with van der Waals surface area (Å²) in [5.41, 5.74) is 0. The number of hydrogen-bond donors (Lipinski definition) is 3. The summed E-state index contributed by atoms with van der Waals surface area (Å²) >= 11 is 0. The Balaban J connectivity index is 0.000000127. The average Bonchev–Trinajstić information content (AvgIpc) is 2.63. The predicted octanol–water partition coefficient (Wildman–Crippen LogP) is -0.765. The molecule has 0 spiro atoms. The van der Waals surface area contributed by atoms with Crippen LogP contribution in [0, 0.1) is 0 Å². The predicted molar refractivity (Wildman–Crippen MR) is 40.1 cm³/mol. The van der Waals surface area contributed by atoms with Crippen LogP contribution in [0.25, 0.3) is 0 Å². The number of urea groups is 1. The molecule has 0 aliphatic carbocycles. The van der Waals surface area contributed by atoms with E-state index in [-0.39, 0.29) is 12.5 Å². The molecule has 1 saturated heterocycles. The van der Waals surface area contributed by atoms with Crippen molar-refractivity contribution >= 4 is 11.9 Å². The lowest BCUT2D eigenvalue weighted by atomic mass is 10.7. The van der Waals surface area contributed by atoms with Crippen LogP contribution in [0.4, 0.5) is 4.79 Å². The van der Waals surface area contributed by atoms with Crippen LogP contribution in [0.3, 0.4) is 0 Å². The summed E-state index contributed by atoms with van der Waals surface area (Å²) in [7, 11) is 0. The Kier molecular flexibility index (Phi) is 2.83. The Labute approximate surface area is 68.4 Å². The Morgan fingerprint density at radius 3 is 2.42 bits per heavy atom. The third-order valence-electron chi connectivity index (χ3n) is 1.07.